The van der Waals surface area contributed by atoms with Crippen LogP contribution in [0.2, 0.25) is 0 Å². The van der Waals surface area contributed by atoms with Gasteiger partial charge in [-0.1, -0.05) is 29.8 Å². The first-order chi connectivity index (χ1) is 15.7. The van der Waals surface area contributed by atoms with Gasteiger partial charge >= 0.3 is 0 Å². The number of amides is 1. The molecule has 0 atom stereocenters. The van der Waals surface area contributed by atoms with Crippen molar-refractivity contribution < 1.29 is 19.4 Å². The highest BCUT2D eigenvalue weighted by atomic mass is 16.5. The number of aryl methyl sites for hydroxylation is 1. The summed E-state index contributed by atoms with van der Waals surface area (Å²) in [5.74, 6) is 1.36. The number of hydrogen-bond donors (Lipinski definition) is 2. The lowest BCUT2D eigenvalue weighted by molar-refractivity contribution is -0.114. The third kappa shape index (κ3) is 5.55. The molecule has 172 valence electrons. The molecular weight excluding hydrogens is 414 g/mol. The van der Waals surface area contributed by atoms with Crippen LogP contribution in [0.4, 0.5) is 5.69 Å². The molecule has 0 aliphatic rings. The lowest BCUT2D eigenvalue weighted by atomic mass is 9.89. The highest BCUT2D eigenvalue weighted by Gasteiger charge is 2.19. The number of aromatic hydroxyl groups is 1. The number of phenolic OH excluding ortho intramolecular Hbond substituents is 1. The molecule has 3 rings (SSSR count). The van der Waals surface area contributed by atoms with Crippen LogP contribution in [0.15, 0.2) is 60.2 Å². The molecule has 0 saturated carbocycles. The summed E-state index contributed by atoms with van der Waals surface area (Å²) in [6, 6.07) is 15.0. The van der Waals surface area contributed by atoms with E-state index in [4.69, 9.17) is 9.47 Å². The molecule has 3 aromatic rings. The van der Waals surface area contributed by atoms with Crippen molar-refractivity contribution in [2.75, 3.05) is 19.0 Å². The summed E-state index contributed by atoms with van der Waals surface area (Å²) in [6.45, 7) is 10.0. The van der Waals surface area contributed by atoms with Gasteiger partial charge in [0.15, 0.2) is 11.5 Å². The van der Waals surface area contributed by atoms with Gasteiger partial charge in [-0.25, -0.2) is 0 Å². The molecule has 1 amide bonds. The standard InChI is InChI=1S/C28H31NO4/c1-17(2)13-14-33-25-12-9-22(16-26(25)32-6)27-18(3)15-24(19(4)28(27)29-20(5)30)21-7-10-23(31)11-8-21/h7-13,15-16,31H,14H2,1-6H3,(H,29,30). The van der Waals surface area contributed by atoms with Crippen molar-refractivity contribution in [3.8, 4) is 39.5 Å². The summed E-state index contributed by atoms with van der Waals surface area (Å²) in [4.78, 5) is 12.1. The Morgan fingerprint density at radius 2 is 1.64 bits per heavy atom. The Morgan fingerprint density at radius 1 is 0.970 bits per heavy atom. The Kier molecular flexibility index (Phi) is 7.44. The molecule has 0 aliphatic heterocycles. The van der Waals surface area contributed by atoms with Crippen molar-refractivity contribution in [1.29, 1.82) is 0 Å². The van der Waals surface area contributed by atoms with Gasteiger partial charge in [0.25, 0.3) is 0 Å². The smallest absolute Gasteiger partial charge is 0.221 e. The van der Waals surface area contributed by atoms with Gasteiger partial charge < -0.3 is 19.9 Å². The largest absolute Gasteiger partial charge is 0.508 e. The second kappa shape index (κ2) is 10.3. The molecule has 3 aromatic carbocycles. The van der Waals surface area contributed by atoms with Crippen LogP contribution in [-0.4, -0.2) is 24.7 Å². The fourth-order valence-electron chi connectivity index (χ4n) is 3.80. The van der Waals surface area contributed by atoms with E-state index in [0.717, 1.165) is 39.1 Å². The Balaban J connectivity index is 2.13. The number of rotatable bonds is 7. The molecule has 33 heavy (non-hydrogen) atoms. The van der Waals surface area contributed by atoms with Crippen LogP contribution < -0.4 is 14.8 Å². The van der Waals surface area contributed by atoms with Crippen molar-refractivity contribution in [2.24, 2.45) is 0 Å². The number of carbonyl (C=O) groups excluding carboxylic acids is 1. The van der Waals surface area contributed by atoms with E-state index in [-0.39, 0.29) is 11.7 Å². The molecule has 2 N–H and O–H groups in total. The highest BCUT2D eigenvalue weighted by molar-refractivity contribution is 5.99. The van der Waals surface area contributed by atoms with E-state index in [9.17, 15) is 9.90 Å². The van der Waals surface area contributed by atoms with Crippen molar-refractivity contribution in [3.05, 3.63) is 71.3 Å². The van der Waals surface area contributed by atoms with Crippen molar-refractivity contribution in [2.45, 2.75) is 34.6 Å². The minimum Gasteiger partial charge on any atom is -0.508 e. The van der Waals surface area contributed by atoms with E-state index in [1.807, 2.05) is 64.1 Å². The van der Waals surface area contributed by atoms with Gasteiger partial charge in [-0.2, -0.15) is 0 Å². The van der Waals surface area contributed by atoms with E-state index in [0.29, 0.717) is 18.1 Å². The maximum absolute atomic E-state index is 12.1. The van der Waals surface area contributed by atoms with Crippen LogP contribution >= 0.6 is 0 Å². The number of methoxy groups -OCH3 is 1. The molecule has 0 bridgehead atoms. The zero-order chi connectivity index (χ0) is 24.1. The van der Waals surface area contributed by atoms with Crippen LogP contribution in [0.3, 0.4) is 0 Å². The van der Waals surface area contributed by atoms with Crippen molar-refractivity contribution in [1.82, 2.24) is 0 Å². The van der Waals surface area contributed by atoms with Crippen LogP contribution in [-0.2, 0) is 4.79 Å². The lowest BCUT2D eigenvalue weighted by Crippen LogP contribution is -2.10. The third-order valence-electron chi connectivity index (χ3n) is 5.45. The first kappa shape index (κ1) is 23.9. The Labute approximate surface area is 195 Å². The number of carbonyl (C=O) groups is 1. The lowest BCUT2D eigenvalue weighted by Gasteiger charge is -2.21. The summed E-state index contributed by atoms with van der Waals surface area (Å²) in [5, 5.41) is 12.7. The van der Waals surface area contributed by atoms with Gasteiger partial charge in [-0.15, -0.1) is 0 Å². The predicted molar refractivity (Wildman–Crippen MR) is 134 cm³/mol. The quantitative estimate of drug-likeness (QED) is 0.399. The number of hydrogen-bond acceptors (Lipinski definition) is 4. The fraction of sp³-hybridized carbons (Fsp3) is 0.250. The first-order valence-electron chi connectivity index (χ1n) is 10.9. The second-order valence-corrected chi connectivity index (χ2v) is 8.30. The Hall–Kier alpha value is -3.73. The maximum Gasteiger partial charge on any atom is 0.221 e. The van der Waals surface area contributed by atoms with E-state index in [2.05, 4.69) is 11.4 Å². The van der Waals surface area contributed by atoms with Crippen molar-refractivity contribution >= 4 is 11.6 Å². The van der Waals surface area contributed by atoms with E-state index < -0.39 is 0 Å². The molecule has 0 saturated heterocycles. The third-order valence-corrected chi connectivity index (χ3v) is 5.45. The normalized spacial score (nSPS) is 10.5. The van der Waals surface area contributed by atoms with Gasteiger partial charge in [0.05, 0.1) is 12.8 Å². The Morgan fingerprint density at radius 3 is 2.24 bits per heavy atom. The number of anilines is 1. The van der Waals surface area contributed by atoms with Crippen LogP contribution in [0, 0.1) is 13.8 Å². The molecule has 5 nitrogen and oxygen atoms in total. The van der Waals surface area contributed by atoms with Crippen LogP contribution in [0.5, 0.6) is 17.2 Å². The van der Waals surface area contributed by atoms with Crippen LogP contribution in [0.25, 0.3) is 22.3 Å². The van der Waals surface area contributed by atoms with Crippen molar-refractivity contribution in [3.63, 3.8) is 0 Å². The van der Waals surface area contributed by atoms with Gasteiger partial charge in [-0.3, -0.25) is 4.79 Å². The minimum absolute atomic E-state index is 0.143. The maximum atomic E-state index is 12.1. The van der Waals surface area contributed by atoms with Gasteiger partial charge in [0.2, 0.25) is 5.91 Å². The SMILES string of the molecule is COc1cc(-c2c(C)cc(-c3ccc(O)cc3)c(C)c2NC(C)=O)ccc1OCC=C(C)C. The summed E-state index contributed by atoms with van der Waals surface area (Å²) in [5.41, 5.74) is 7.70. The number of benzene rings is 3. The number of allylic oxidation sites excluding steroid dienone is 1. The molecule has 0 fully saturated rings. The molecule has 0 unspecified atom stereocenters. The summed E-state index contributed by atoms with van der Waals surface area (Å²) in [7, 11) is 1.62. The van der Waals surface area contributed by atoms with Gasteiger partial charge in [0, 0.05) is 12.5 Å². The molecule has 0 spiro atoms. The predicted octanol–water partition coefficient (Wildman–Crippen LogP) is 6.66. The highest BCUT2D eigenvalue weighted by Crippen LogP contribution is 2.42. The molecule has 0 aliphatic carbocycles. The molecule has 0 heterocycles. The fourth-order valence-corrected chi connectivity index (χ4v) is 3.80. The van der Waals surface area contributed by atoms with E-state index in [1.165, 1.54) is 12.5 Å². The summed E-state index contributed by atoms with van der Waals surface area (Å²) in [6.07, 6.45) is 2.01. The second-order valence-electron chi connectivity index (χ2n) is 8.30. The molecule has 0 aromatic heterocycles. The molecule has 0 radical (unpaired) electrons. The van der Waals surface area contributed by atoms with Gasteiger partial charge in [-0.05, 0) is 85.9 Å². The average molecular weight is 446 g/mol. The molecule has 5 heteroatoms. The summed E-state index contributed by atoms with van der Waals surface area (Å²) >= 11 is 0. The topological polar surface area (TPSA) is 67.8 Å². The first-order valence-corrected chi connectivity index (χ1v) is 10.9. The molecular formula is C28H31NO4. The van der Waals surface area contributed by atoms with Crippen LogP contribution in [0.1, 0.15) is 31.9 Å². The number of phenols is 1. The van der Waals surface area contributed by atoms with E-state index in [1.54, 1.807) is 19.2 Å². The minimum atomic E-state index is -0.143. The Bertz CT molecular complexity index is 1190. The monoisotopic (exact) mass is 445 g/mol. The van der Waals surface area contributed by atoms with E-state index >= 15 is 0 Å². The zero-order valence-electron chi connectivity index (χ0n) is 20.1. The number of nitrogens with one attached hydrogen (secondary N) is 1. The summed E-state index contributed by atoms with van der Waals surface area (Å²) < 4.78 is 11.5. The number of ether oxygens (including phenoxy) is 2. The average Bonchev–Trinajstić information content (AvgIpc) is 2.76. The van der Waals surface area contributed by atoms with Gasteiger partial charge in [0.1, 0.15) is 12.4 Å². The zero-order valence-corrected chi connectivity index (χ0v) is 20.1.